The number of morpholine rings is 1. The van der Waals surface area contributed by atoms with Crippen LogP contribution in [-0.4, -0.2) is 53.7 Å². The lowest BCUT2D eigenvalue weighted by Gasteiger charge is -2.29. The summed E-state index contributed by atoms with van der Waals surface area (Å²) in [5.74, 6) is 0.843. The molecule has 0 saturated carbocycles. The molecule has 0 atom stereocenters. The van der Waals surface area contributed by atoms with Crippen LogP contribution in [0.3, 0.4) is 0 Å². The van der Waals surface area contributed by atoms with E-state index in [4.69, 9.17) is 4.74 Å². The van der Waals surface area contributed by atoms with Crippen LogP contribution in [0.25, 0.3) is 5.82 Å². The fraction of sp³-hybridized carbons (Fsp3) is 0.333. The number of anilines is 1. The zero-order chi connectivity index (χ0) is 21.1. The molecular weight excluding hydrogens is 376 g/mol. The molecule has 3 heterocycles. The third-order valence-electron chi connectivity index (χ3n) is 5.62. The monoisotopic (exact) mass is 404 g/mol. The molecule has 1 saturated heterocycles. The molecule has 30 heavy (non-hydrogen) atoms. The first kappa shape index (κ1) is 20.2. The van der Waals surface area contributed by atoms with Gasteiger partial charge in [0.15, 0.2) is 0 Å². The van der Waals surface area contributed by atoms with Crippen molar-refractivity contribution in [2.45, 2.75) is 20.4 Å². The molecule has 0 bridgehead atoms. The second-order valence-corrected chi connectivity index (χ2v) is 7.74. The molecule has 6 nitrogen and oxygen atoms in total. The average Bonchev–Trinajstić information content (AvgIpc) is 3.08. The first-order chi connectivity index (χ1) is 14.5. The van der Waals surface area contributed by atoms with Crippen LogP contribution >= 0.6 is 0 Å². The van der Waals surface area contributed by atoms with Gasteiger partial charge in [0.2, 0.25) is 0 Å². The van der Waals surface area contributed by atoms with E-state index in [0.29, 0.717) is 12.1 Å². The van der Waals surface area contributed by atoms with Crippen molar-refractivity contribution in [1.29, 1.82) is 0 Å². The Hall–Kier alpha value is -3.12. The van der Waals surface area contributed by atoms with Crippen LogP contribution in [0.5, 0.6) is 0 Å². The predicted octanol–water partition coefficient (Wildman–Crippen LogP) is 3.60. The number of nitrogens with zero attached hydrogens (tertiary/aromatic N) is 4. The number of pyridine rings is 1. The first-order valence-electron chi connectivity index (χ1n) is 10.3. The summed E-state index contributed by atoms with van der Waals surface area (Å²) in [4.78, 5) is 21.7. The van der Waals surface area contributed by atoms with E-state index in [2.05, 4.69) is 34.1 Å². The first-order valence-corrected chi connectivity index (χ1v) is 10.3. The number of aryl methyl sites for hydroxylation is 1. The third kappa shape index (κ3) is 4.09. The number of benzene rings is 1. The number of aromatic nitrogens is 2. The van der Waals surface area contributed by atoms with E-state index in [0.717, 1.165) is 49.1 Å². The summed E-state index contributed by atoms with van der Waals surface area (Å²) < 4.78 is 7.45. The smallest absolute Gasteiger partial charge is 0.255 e. The summed E-state index contributed by atoms with van der Waals surface area (Å²) in [5, 5.41) is 0. The summed E-state index contributed by atoms with van der Waals surface area (Å²) in [6.07, 6.45) is 1.77. The number of ether oxygens (including phenoxy) is 1. The molecule has 6 heteroatoms. The molecule has 1 aliphatic rings. The maximum absolute atomic E-state index is 13.2. The molecule has 156 valence electrons. The lowest BCUT2D eigenvalue weighted by molar-refractivity contribution is 0.0784. The van der Waals surface area contributed by atoms with Gasteiger partial charge in [-0.1, -0.05) is 18.2 Å². The van der Waals surface area contributed by atoms with Gasteiger partial charge in [-0.05, 0) is 49.7 Å². The molecule has 1 fully saturated rings. The molecule has 0 spiro atoms. The van der Waals surface area contributed by atoms with Gasteiger partial charge in [-0.15, -0.1) is 0 Å². The Morgan fingerprint density at radius 3 is 2.50 bits per heavy atom. The van der Waals surface area contributed by atoms with Gasteiger partial charge in [0.05, 0.1) is 18.8 Å². The second kappa shape index (κ2) is 8.71. The highest BCUT2D eigenvalue weighted by Crippen LogP contribution is 2.22. The Balaban J connectivity index is 1.48. The molecule has 2 aromatic heterocycles. The van der Waals surface area contributed by atoms with E-state index < -0.39 is 0 Å². The van der Waals surface area contributed by atoms with E-state index in [1.165, 1.54) is 5.69 Å². The van der Waals surface area contributed by atoms with Crippen molar-refractivity contribution in [1.82, 2.24) is 14.5 Å². The lowest BCUT2D eigenvalue weighted by atomic mass is 10.1. The Morgan fingerprint density at radius 2 is 1.83 bits per heavy atom. The van der Waals surface area contributed by atoms with Gasteiger partial charge < -0.3 is 19.1 Å². The van der Waals surface area contributed by atoms with Crippen molar-refractivity contribution in [3.05, 3.63) is 77.2 Å². The average molecular weight is 405 g/mol. The SMILES string of the molecule is Cc1cc(C(=O)N(C)Cc2ccc(N3CCOCC3)cc2)c(C)n1-c1ccccn1. The van der Waals surface area contributed by atoms with Crippen LogP contribution in [0.2, 0.25) is 0 Å². The maximum Gasteiger partial charge on any atom is 0.255 e. The summed E-state index contributed by atoms with van der Waals surface area (Å²) in [7, 11) is 1.85. The third-order valence-corrected chi connectivity index (χ3v) is 5.62. The minimum absolute atomic E-state index is 0.0162. The number of hydrogen-bond acceptors (Lipinski definition) is 4. The van der Waals surface area contributed by atoms with Crippen LogP contribution in [-0.2, 0) is 11.3 Å². The number of carbonyl (C=O) groups is 1. The van der Waals surface area contributed by atoms with E-state index in [9.17, 15) is 4.79 Å². The molecule has 0 unspecified atom stereocenters. The minimum Gasteiger partial charge on any atom is -0.378 e. The quantitative estimate of drug-likeness (QED) is 0.652. The molecule has 0 aliphatic carbocycles. The second-order valence-electron chi connectivity index (χ2n) is 7.74. The maximum atomic E-state index is 13.2. The molecule has 4 rings (SSSR count). The van der Waals surface area contributed by atoms with E-state index >= 15 is 0 Å². The molecule has 1 aromatic carbocycles. The van der Waals surface area contributed by atoms with Crippen LogP contribution in [0.4, 0.5) is 5.69 Å². The summed E-state index contributed by atoms with van der Waals surface area (Å²) in [6, 6.07) is 16.2. The number of carbonyl (C=O) groups excluding carboxylic acids is 1. The fourth-order valence-electron chi connectivity index (χ4n) is 4.00. The molecule has 0 radical (unpaired) electrons. The van der Waals surface area contributed by atoms with E-state index in [-0.39, 0.29) is 5.91 Å². The van der Waals surface area contributed by atoms with Gasteiger partial charge in [0, 0.05) is 50.0 Å². The predicted molar refractivity (Wildman–Crippen MR) is 118 cm³/mol. The molecule has 3 aromatic rings. The van der Waals surface area contributed by atoms with Crippen molar-refractivity contribution >= 4 is 11.6 Å². The number of amides is 1. The van der Waals surface area contributed by atoms with Gasteiger partial charge in [-0.3, -0.25) is 4.79 Å². The van der Waals surface area contributed by atoms with Crippen LogP contribution < -0.4 is 4.90 Å². The van der Waals surface area contributed by atoms with Crippen LogP contribution in [0.15, 0.2) is 54.7 Å². The topological polar surface area (TPSA) is 50.6 Å². The van der Waals surface area contributed by atoms with Gasteiger partial charge in [0.1, 0.15) is 5.82 Å². The van der Waals surface area contributed by atoms with E-state index in [1.54, 1.807) is 11.1 Å². The highest BCUT2D eigenvalue weighted by molar-refractivity contribution is 5.95. The summed E-state index contributed by atoms with van der Waals surface area (Å²) in [6.45, 7) is 7.93. The zero-order valence-electron chi connectivity index (χ0n) is 17.8. The number of hydrogen-bond donors (Lipinski definition) is 0. The minimum atomic E-state index is 0.0162. The molecule has 0 N–H and O–H groups in total. The largest absolute Gasteiger partial charge is 0.378 e. The molecular formula is C24H28N4O2. The van der Waals surface area contributed by atoms with Crippen molar-refractivity contribution in [2.24, 2.45) is 0 Å². The van der Waals surface area contributed by atoms with Crippen molar-refractivity contribution in [3.8, 4) is 5.82 Å². The standard InChI is InChI=1S/C24H28N4O2/c1-18-16-22(19(2)28(18)23-6-4-5-11-25-23)24(29)26(3)17-20-7-9-21(10-8-20)27-12-14-30-15-13-27/h4-11,16H,12-15,17H2,1-3H3. The van der Waals surface area contributed by atoms with Gasteiger partial charge in [-0.25, -0.2) is 4.98 Å². The van der Waals surface area contributed by atoms with Crippen molar-refractivity contribution in [3.63, 3.8) is 0 Å². The van der Waals surface area contributed by atoms with Crippen LogP contribution in [0, 0.1) is 13.8 Å². The Labute approximate surface area is 177 Å². The van der Waals surface area contributed by atoms with Crippen LogP contribution in [0.1, 0.15) is 27.3 Å². The highest BCUT2D eigenvalue weighted by atomic mass is 16.5. The normalized spacial score (nSPS) is 14.0. The Morgan fingerprint density at radius 1 is 1.10 bits per heavy atom. The Bertz CT molecular complexity index is 1010. The zero-order valence-corrected chi connectivity index (χ0v) is 17.8. The highest BCUT2D eigenvalue weighted by Gasteiger charge is 2.20. The van der Waals surface area contributed by atoms with Gasteiger partial charge in [-0.2, -0.15) is 0 Å². The summed E-state index contributed by atoms with van der Waals surface area (Å²) >= 11 is 0. The Kier molecular flexibility index (Phi) is 5.86. The van der Waals surface area contributed by atoms with Crippen molar-refractivity contribution < 1.29 is 9.53 Å². The van der Waals surface area contributed by atoms with Crippen molar-refractivity contribution in [2.75, 3.05) is 38.3 Å². The van der Waals surface area contributed by atoms with Gasteiger partial charge >= 0.3 is 0 Å². The summed E-state index contributed by atoms with van der Waals surface area (Å²) in [5.41, 5.74) is 4.94. The molecule has 1 amide bonds. The molecule has 1 aliphatic heterocycles. The lowest BCUT2D eigenvalue weighted by Crippen LogP contribution is -2.36. The van der Waals surface area contributed by atoms with Gasteiger partial charge in [0.25, 0.3) is 5.91 Å². The number of rotatable bonds is 5. The fourth-order valence-corrected chi connectivity index (χ4v) is 4.00. The van der Waals surface area contributed by atoms with E-state index in [1.807, 2.05) is 49.7 Å².